The Kier molecular flexibility index (Phi) is 4.89. The highest BCUT2D eigenvalue weighted by Gasteiger charge is 2.13. The summed E-state index contributed by atoms with van der Waals surface area (Å²) < 4.78 is 11.5. The van der Waals surface area contributed by atoms with Gasteiger partial charge in [0.05, 0.1) is 12.7 Å². The quantitative estimate of drug-likeness (QED) is 0.700. The van der Waals surface area contributed by atoms with Gasteiger partial charge >= 0.3 is 0 Å². The summed E-state index contributed by atoms with van der Waals surface area (Å²) in [4.78, 5) is 0. The molecule has 0 fully saturated rings. The SMILES string of the molecule is CC/C(C)=C/CCC(C)Oc1ccc2c(c1)OCC2. The van der Waals surface area contributed by atoms with Crippen molar-refractivity contribution in [3.63, 3.8) is 0 Å². The molecule has 0 aromatic heterocycles. The maximum Gasteiger partial charge on any atom is 0.126 e. The maximum atomic E-state index is 5.95. The van der Waals surface area contributed by atoms with Crippen LogP contribution in [-0.2, 0) is 6.42 Å². The summed E-state index contributed by atoms with van der Waals surface area (Å²) >= 11 is 0. The summed E-state index contributed by atoms with van der Waals surface area (Å²) in [5.74, 6) is 1.91. The Morgan fingerprint density at radius 3 is 3.11 bits per heavy atom. The van der Waals surface area contributed by atoms with E-state index in [2.05, 4.69) is 39.0 Å². The third-order valence-corrected chi connectivity index (χ3v) is 3.63. The number of allylic oxidation sites excluding steroid dienone is 2. The van der Waals surface area contributed by atoms with Crippen LogP contribution in [0.15, 0.2) is 29.8 Å². The first kappa shape index (κ1) is 14.0. The molecule has 0 radical (unpaired) electrons. The number of fused-ring (bicyclic) bond motifs is 1. The van der Waals surface area contributed by atoms with Crippen molar-refractivity contribution in [1.82, 2.24) is 0 Å². The number of hydrogen-bond donors (Lipinski definition) is 0. The largest absolute Gasteiger partial charge is 0.493 e. The average molecular weight is 260 g/mol. The molecular weight excluding hydrogens is 236 g/mol. The van der Waals surface area contributed by atoms with Crippen LogP contribution in [-0.4, -0.2) is 12.7 Å². The highest BCUT2D eigenvalue weighted by Crippen LogP contribution is 2.30. The summed E-state index contributed by atoms with van der Waals surface area (Å²) in [6.07, 6.45) is 6.84. The lowest BCUT2D eigenvalue weighted by Crippen LogP contribution is -2.11. The van der Waals surface area contributed by atoms with E-state index in [-0.39, 0.29) is 6.10 Å². The van der Waals surface area contributed by atoms with E-state index in [1.54, 1.807) is 0 Å². The summed E-state index contributed by atoms with van der Waals surface area (Å²) in [6.45, 7) is 7.30. The molecule has 0 spiro atoms. The van der Waals surface area contributed by atoms with Crippen molar-refractivity contribution >= 4 is 0 Å². The van der Waals surface area contributed by atoms with Crippen molar-refractivity contribution in [1.29, 1.82) is 0 Å². The van der Waals surface area contributed by atoms with Gasteiger partial charge in [-0.2, -0.15) is 0 Å². The Morgan fingerprint density at radius 2 is 2.32 bits per heavy atom. The van der Waals surface area contributed by atoms with Gasteiger partial charge in [0.25, 0.3) is 0 Å². The van der Waals surface area contributed by atoms with E-state index in [1.165, 1.54) is 11.1 Å². The van der Waals surface area contributed by atoms with Gasteiger partial charge < -0.3 is 9.47 Å². The van der Waals surface area contributed by atoms with Gasteiger partial charge in [-0.25, -0.2) is 0 Å². The maximum absolute atomic E-state index is 5.95. The van der Waals surface area contributed by atoms with Crippen molar-refractivity contribution in [2.45, 2.75) is 52.6 Å². The van der Waals surface area contributed by atoms with E-state index >= 15 is 0 Å². The third-order valence-electron chi connectivity index (χ3n) is 3.63. The molecule has 104 valence electrons. The molecule has 0 aliphatic carbocycles. The Bertz CT molecular complexity index is 449. The van der Waals surface area contributed by atoms with Crippen LogP contribution in [0.25, 0.3) is 0 Å². The fourth-order valence-electron chi connectivity index (χ4n) is 2.22. The Labute approximate surface area is 116 Å². The summed E-state index contributed by atoms with van der Waals surface area (Å²) in [6, 6.07) is 6.19. The minimum Gasteiger partial charge on any atom is -0.493 e. The normalized spacial score (nSPS) is 15.8. The first-order valence-corrected chi connectivity index (χ1v) is 7.27. The molecule has 1 unspecified atom stereocenters. The van der Waals surface area contributed by atoms with Crippen LogP contribution >= 0.6 is 0 Å². The van der Waals surface area contributed by atoms with E-state index in [1.807, 2.05) is 6.07 Å². The molecule has 0 saturated carbocycles. The van der Waals surface area contributed by atoms with Crippen LogP contribution in [0.4, 0.5) is 0 Å². The first-order valence-electron chi connectivity index (χ1n) is 7.27. The fraction of sp³-hybridized carbons (Fsp3) is 0.529. The molecule has 0 amide bonds. The molecule has 0 saturated heterocycles. The number of ether oxygens (including phenoxy) is 2. The summed E-state index contributed by atoms with van der Waals surface area (Å²) in [5.41, 5.74) is 2.75. The van der Waals surface area contributed by atoms with E-state index in [0.717, 1.165) is 43.8 Å². The lowest BCUT2D eigenvalue weighted by molar-refractivity contribution is 0.211. The Balaban J connectivity index is 1.83. The second-order valence-electron chi connectivity index (χ2n) is 5.28. The van der Waals surface area contributed by atoms with Crippen molar-refractivity contribution in [2.24, 2.45) is 0 Å². The first-order chi connectivity index (χ1) is 9.19. The second kappa shape index (κ2) is 6.65. The minimum atomic E-state index is 0.236. The van der Waals surface area contributed by atoms with Crippen LogP contribution in [0.5, 0.6) is 11.5 Å². The van der Waals surface area contributed by atoms with E-state index in [4.69, 9.17) is 9.47 Å². The molecule has 0 bridgehead atoms. The fourth-order valence-corrected chi connectivity index (χ4v) is 2.22. The number of benzene rings is 1. The standard InChI is InChI=1S/C17H24O2/c1-4-13(2)6-5-7-14(3)19-16-9-8-15-10-11-18-17(15)12-16/h6,8-9,12,14H,4-5,7,10-11H2,1-3H3/b13-6+. The lowest BCUT2D eigenvalue weighted by Gasteiger charge is -2.14. The monoisotopic (exact) mass is 260 g/mol. The van der Waals surface area contributed by atoms with Crippen LogP contribution in [0.3, 0.4) is 0 Å². The van der Waals surface area contributed by atoms with Gasteiger partial charge in [0.1, 0.15) is 11.5 Å². The van der Waals surface area contributed by atoms with Crippen LogP contribution in [0.1, 0.15) is 45.6 Å². The molecule has 1 aromatic rings. The zero-order valence-electron chi connectivity index (χ0n) is 12.2. The van der Waals surface area contributed by atoms with Crippen molar-refractivity contribution < 1.29 is 9.47 Å². The van der Waals surface area contributed by atoms with E-state index < -0.39 is 0 Å². The van der Waals surface area contributed by atoms with Gasteiger partial charge in [0.2, 0.25) is 0 Å². The van der Waals surface area contributed by atoms with Gasteiger partial charge in [-0.15, -0.1) is 0 Å². The van der Waals surface area contributed by atoms with Gasteiger partial charge in [-0.3, -0.25) is 0 Å². The molecule has 1 atom stereocenters. The molecule has 19 heavy (non-hydrogen) atoms. The van der Waals surface area contributed by atoms with Gasteiger partial charge in [0, 0.05) is 12.5 Å². The van der Waals surface area contributed by atoms with Gasteiger partial charge in [-0.1, -0.05) is 24.6 Å². The van der Waals surface area contributed by atoms with Crippen molar-refractivity contribution in [3.05, 3.63) is 35.4 Å². The topological polar surface area (TPSA) is 18.5 Å². The van der Waals surface area contributed by atoms with Crippen LogP contribution in [0, 0.1) is 0 Å². The molecule has 1 aliphatic heterocycles. The molecule has 0 N–H and O–H groups in total. The van der Waals surface area contributed by atoms with E-state index in [0.29, 0.717) is 0 Å². The summed E-state index contributed by atoms with van der Waals surface area (Å²) in [7, 11) is 0. The molecule has 2 rings (SSSR count). The zero-order chi connectivity index (χ0) is 13.7. The van der Waals surface area contributed by atoms with Crippen molar-refractivity contribution in [3.8, 4) is 11.5 Å². The second-order valence-corrected chi connectivity index (χ2v) is 5.28. The summed E-state index contributed by atoms with van der Waals surface area (Å²) in [5, 5.41) is 0. The molecule has 1 aliphatic rings. The van der Waals surface area contributed by atoms with Crippen LogP contribution in [0.2, 0.25) is 0 Å². The van der Waals surface area contributed by atoms with Crippen molar-refractivity contribution in [2.75, 3.05) is 6.61 Å². The molecule has 1 heterocycles. The highest BCUT2D eigenvalue weighted by molar-refractivity contribution is 5.42. The third kappa shape index (κ3) is 4.02. The van der Waals surface area contributed by atoms with E-state index in [9.17, 15) is 0 Å². The predicted octanol–water partition coefficient (Wildman–Crippen LogP) is 4.53. The Morgan fingerprint density at radius 1 is 1.47 bits per heavy atom. The van der Waals surface area contributed by atoms with Gasteiger partial charge in [0.15, 0.2) is 0 Å². The molecule has 2 nitrogen and oxygen atoms in total. The molecular formula is C17H24O2. The van der Waals surface area contributed by atoms with Gasteiger partial charge in [-0.05, 0) is 44.7 Å². The predicted molar refractivity (Wildman–Crippen MR) is 79.0 cm³/mol. The Hall–Kier alpha value is -1.44. The number of hydrogen-bond acceptors (Lipinski definition) is 2. The molecule has 2 heteroatoms. The molecule has 1 aromatic carbocycles. The zero-order valence-corrected chi connectivity index (χ0v) is 12.2. The highest BCUT2D eigenvalue weighted by atomic mass is 16.5. The lowest BCUT2D eigenvalue weighted by atomic mass is 10.1. The van der Waals surface area contributed by atoms with Crippen LogP contribution < -0.4 is 9.47 Å². The smallest absolute Gasteiger partial charge is 0.126 e. The minimum absolute atomic E-state index is 0.236. The number of rotatable bonds is 6. The average Bonchev–Trinajstić information content (AvgIpc) is 2.85.